The van der Waals surface area contributed by atoms with E-state index < -0.39 is 53.6 Å². The molecule has 54 heavy (non-hydrogen) atoms. The standard InChI is InChI=1S/C41H46N4O9/c1-38(2,3)54-37(47)44-36-32-22-21-31(45(32)43-25-42-36)33-34-35(53-39(4,5)51-34)40(23-46,52-33)24-50-41(26-11-9-8-10-12-26,27-13-17-29(48-6)18-14-27)28-15-19-30(49-7)20-16-28/h8-22,25,33-35,46H,23-24H2,1-7H3,(H,42,43,44,47)/t33-,34-,35-,40-/m0/s1. The lowest BCUT2D eigenvalue weighted by Gasteiger charge is -2.40. The smallest absolute Gasteiger partial charge is 0.413 e. The summed E-state index contributed by atoms with van der Waals surface area (Å²) >= 11 is 0. The zero-order valence-corrected chi connectivity index (χ0v) is 31.4. The molecule has 1 amide bonds. The van der Waals surface area contributed by atoms with Crippen LogP contribution in [0.15, 0.2) is 97.3 Å². The topological polar surface area (TPSA) is 144 Å². The van der Waals surface area contributed by atoms with Crippen molar-refractivity contribution in [3.63, 3.8) is 0 Å². The van der Waals surface area contributed by atoms with E-state index in [0.29, 0.717) is 22.7 Å². The number of rotatable bonds is 11. The highest BCUT2D eigenvalue weighted by Gasteiger charge is 2.64. The third kappa shape index (κ3) is 6.89. The third-order valence-corrected chi connectivity index (χ3v) is 9.67. The van der Waals surface area contributed by atoms with Crippen molar-refractivity contribution in [1.82, 2.24) is 14.6 Å². The minimum Gasteiger partial charge on any atom is -0.497 e. The zero-order chi connectivity index (χ0) is 38.3. The van der Waals surface area contributed by atoms with Crippen LogP contribution in [0.5, 0.6) is 11.5 Å². The molecule has 0 unspecified atom stereocenters. The molecule has 0 spiro atoms. The molecule has 0 saturated carbocycles. The van der Waals surface area contributed by atoms with Crippen molar-refractivity contribution >= 4 is 17.4 Å². The van der Waals surface area contributed by atoms with Gasteiger partial charge < -0.3 is 38.3 Å². The molecule has 2 aromatic heterocycles. The van der Waals surface area contributed by atoms with Crippen molar-refractivity contribution in [2.45, 2.75) is 75.5 Å². The van der Waals surface area contributed by atoms with E-state index in [0.717, 1.165) is 16.7 Å². The molecular weight excluding hydrogens is 692 g/mol. The van der Waals surface area contributed by atoms with E-state index in [1.165, 1.54) is 6.33 Å². The second kappa shape index (κ2) is 14.3. The van der Waals surface area contributed by atoms with Gasteiger partial charge in [-0.25, -0.2) is 14.3 Å². The molecule has 4 heterocycles. The largest absolute Gasteiger partial charge is 0.497 e. The summed E-state index contributed by atoms with van der Waals surface area (Å²) in [5, 5.41) is 18.6. The Labute approximate surface area is 314 Å². The Morgan fingerprint density at radius 2 is 1.46 bits per heavy atom. The number of carbonyl (C=O) groups is 1. The number of aromatic nitrogens is 3. The van der Waals surface area contributed by atoms with Crippen molar-refractivity contribution in [3.05, 3.63) is 120 Å². The number of benzene rings is 3. The van der Waals surface area contributed by atoms with Gasteiger partial charge in [0.2, 0.25) is 0 Å². The highest BCUT2D eigenvalue weighted by atomic mass is 16.8. The van der Waals surface area contributed by atoms with Crippen LogP contribution in [0.1, 0.15) is 63.1 Å². The van der Waals surface area contributed by atoms with Crippen LogP contribution < -0.4 is 14.8 Å². The molecule has 13 nitrogen and oxygen atoms in total. The molecule has 0 bridgehead atoms. The number of aliphatic hydroxyl groups is 1. The van der Waals surface area contributed by atoms with Gasteiger partial charge in [-0.05, 0) is 87.7 Å². The first kappa shape index (κ1) is 37.3. The van der Waals surface area contributed by atoms with E-state index in [1.807, 2.05) is 98.8 Å². The van der Waals surface area contributed by atoms with E-state index in [9.17, 15) is 9.90 Å². The third-order valence-electron chi connectivity index (χ3n) is 9.67. The van der Waals surface area contributed by atoms with Crippen molar-refractivity contribution in [1.29, 1.82) is 0 Å². The van der Waals surface area contributed by atoms with Crippen LogP contribution in [0.4, 0.5) is 10.6 Å². The Morgan fingerprint density at radius 3 is 2.04 bits per heavy atom. The lowest BCUT2D eigenvalue weighted by Crippen LogP contribution is -2.52. The van der Waals surface area contributed by atoms with Crippen LogP contribution in [0.3, 0.4) is 0 Å². The molecule has 2 fully saturated rings. The van der Waals surface area contributed by atoms with E-state index in [2.05, 4.69) is 15.4 Å². The van der Waals surface area contributed by atoms with Crippen molar-refractivity contribution in [2.75, 3.05) is 32.8 Å². The summed E-state index contributed by atoms with van der Waals surface area (Å²) in [6, 6.07) is 28.9. The minimum absolute atomic E-state index is 0.114. The minimum atomic E-state index is -1.41. The highest BCUT2D eigenvalue weighted by molar-refractivity contribution is 5.89. The molecule has 2 aliphatic rings. The van der Waals surface area contributed by atoms with Gasteiger partial charge in [0.15, 0.2) is 11.6 Å². The second-order valence-corrected chi connectivity index (χ2v) is 14.9. The number of nitrogens with one attached hydrogen (secondary N) is 1. The fraction of sp³-hybridized carbons (Fsp3) is 0.390. The van der Waals surface area contributed by atoms with E-state index >= 15 is 0 Å². The van der Waals surface area contributed by atoms with Crippen LogP contribution in [0.2, 0.25) is 0 Å². The van der Waals surface area contributed by atoms with Gasteiger partial charge in [-0.15, -0.1) is 0 Å². The number of hydrogen-bond donors (Lipinski definition) is 2. The maximum absolute atomic E-state index is 12.7. The zero-order valence-electron chi connectivity index (χ0n) is 31.4. The maximum Gasteiger partial charge on any atom is 0.413 e. The van der Waals surface area contributed by atoms with Crippen molar-refractivity contribution < 1.29 is 43.1 Å². The molecule has 13 heteroatoms. The molecule has 2 aliphatic heterocycles. The highest BCUT2D eigenvalue weighted by Crippen LogP contribution is 2.52. The summed E-state index contributed by atoms with van der Waals surface area (Å²) in [5.74, 6) is 0.635. The van der Waals surface area contributed by atoms with Crippen LogP contribution in [-0.2, 0) is 29.3 Å². The van der Waals surface area contributed by atoms with E-state index in [1.54, 1.807) is 45.6 Å². The summed E-state index contributed by atoms with van der Waals surface area (Å²) in [7, 11) is 3.25. The summed E-state index contributed by atoms with van der Waals surface area (Å²) in [6.07, 6.45) is -1.50. The predicted octanol–water partition coefficient (Wildman–Crippen LogP) is 6.42. The van der Waals surface area contributed by atoms with Gasteiger partial charge in [-0.2, -0.15) is 5.10 Å². The number of fused-ring (bicyclic) bond motifs is 2. The van der Waals surface area contributed by atoms with Crippen molar-refractivity contribution in [2.24, 2.45) is 0 Å². The number of amides is 1. The molecule has 2 N–H and O–H groups in total. The number of aliphatic hydroxyl groups excluding tert-OH is 1. The molecule has 284 valence electrons. The van der Waals surface area contributed by atoms with Gasteiger partial charge in [0.05, 0.1) is 33.1 Å². The average molecular weight is 739 g/mol. The normalized spacial score (nSPS) is 22.2. The summed E-state index contributed by atoms with van der Waals surface area (Å²) in [5.41, 5.74) is 0.311. The first-order valence-electron chi connectivity index (χ1n) is 17.8. The fourth-order valence-corrected chi connectivity index (χ4v) is 7.29. The second-order valence-electron chi connectivity index (χ2n) is 14.9. The van der Waals surface area contributed by atoms with Crippen LogP contribution in [0.25, 0.3) is 5.52 Å². The Bertz CT molecular complexity index is 2030. The Balaban J connectivity index is 1.30. The molecule has 7 rings (SSSR count). The van der Waals surface area contributed by atoms with Crippen LogP contribution in [-0.4, -0.2) is 82.4 Å². The Kier molecular flexibility index (Phi) is 9.88. The van der Waals surface area contributed by atoms with E-state index in [4.69, 9.17) is 33.2 Å². The first-order chi connectivity index (χ1) is 25.8. The van der Waals surface area contributed by atoms with Crippen LogP contribution >= 0.6 is 0 Å². The van der Waals surface area contributed by atoms with E-state index in [-0.39, 0.29) is 12.4 Å². The summed E-state index contributed by atoms with van der Waals surface area (Å²) in [4.78, 5) is 17.0. The van der Waals surface area contributed by atoms with Gasteiger partial charge in [0.25, 0.3) is 0 Å². The van der Waals surface area contributed by atoms with Gasteiger partial charge in [-0.3, -0.25) is 5.32 Å². The SMILES string of the molecule is COc1ccc(C(OC[C@]2(CO)O[C@@H](c3ccc4c(NC(=O)OC(C)(C)C)ncnn34)[C@@H]3OC(C)(C)O[C@@H]32)(c2ccccc2)c2ccc(OC)cc2)cc1. The van der Waals surface area contributed by atoms with Gasteiger partial charge in [0.1, 0.15) is 58.5 Å². The number of methoxy groups -OCH3 is 2. The quantitative estimate of drug-likeness (QED) is 0.145. The maximum atomic E-state index is 12.7. The molecule has 3 aromatic carbocycles. The first-order valence-corrected chi connectivity index (χ1v) is 17.8. The number of carbonyl (C=O) groups excluding carboxylic acids is 1. The average Bonchev–Trinajstić information content (AvgIpc) is 3.82. The van der Waals surface area contributed by atoms with Gasteiger partial charge in [-0.1, -0.05) is 54.6 Å². The number of nitrogens with zero attached hydrogens (tertiary/aromatic N) is 3. The fourth-order valence-electron chi connectivity index (χ4n) is 7.29. The van der Waals surface area contributed by atoms with Gasteiger partial charge in [0, 0.05) is 0 Å². The molecule has 0 aliphatic carbocycles. The van der Waals surface area contributed by atoms with Gasteiger partial charge >= 0.3 is 6.09 Å². The number of anilines is 1. The lowest BCUT2D eigenvalue weighted by molar-refractivity contribution is -0.233. The molecule has 5 aromatic rings. The summed E-state index contributed by atoms with van der Waals surface area (Å²) < 4.78 is 45.3. The van der Waals surface area contributed by atoms with Crippen molar-refractivity contribution in [3.8, 4) is 11.5 Å². The number of hydrogen-bond acceptors (Lipinski definition) is 11. The predicted molar refractivity (Wildman–Crippen MR) is 199 cm³/mol. The summed E-state index contributed by atoms with van der Waals surface area (Å²) in [6.45, 7) is 8.44. The number of ether oxygens (including phenoxy) is 7. The molecule has 4 atom stereocenters. The Morgan fingerprint density at radius 1 is 0.852 bits per heavy atom. The van der Waals surface area contributed by atoms with Crippen LogP contribution in [0, 0.1) is 0 Å². The monoisotopic (exact) mass is 738 g/mol. The molecule has 0 radical (unpaired) electrons. The lowest BCUT2D eigenvalue weighted by atomic mass is 9.79. The molecular formula is C41H46N4O9. The Hall–Kier alpha value is -5.05. The molecule has 2 saturated heterocycles.